The van der Waals surface area contributed by atoms with E-state index in [1.54, 1.807) is 6.92 Å². The first-order chi connectivity index (χ1) is 8.95. The number of anilines is 1. The largest absolute Gasteiger partial charge is 0.481 e. The number of halogens is 1. The van der Waals surface area contributed by atoms with Crippen LogP contribution in [-0.4, -0.2) is 42.2 Å². The van der Waals surface area contributed by atoms with Gasteiger partial charge < -0.3 is 15.2 Å². The van der Waals surface area contributed by atoms with E-state index in [1.807, 2.05) is 0 Å². The van der Waals surface area contributed by atoms with Crippen molar-refractivity contribution in [3.8, 4) is 5.88 Å². The molecule has 1 saturated heterocycles. The van der Waals surface area contributed by atoms with E-state index in [4.69, 9.17) is 26.8 Å². The maximum Gasteiger partial charge on any atom is 0.236 e. The number of nitrogens with one attached hydrogen (secondary N) is 1. The summed E-state index contributed by atoms with van der Waals surface area (Å²) in [5.41, 5.74) is 5.07. The molecule has 1 aromatic heterocycles. The molecule has 0 spiro atoms. The van der Waals surface area contributed by atoms with Gasteiger partial charge in [0.05, 0.1) is 25.7 Å². The highest BCUT2D eigenvalue weighted by atomic mass is 35.5. The predicted octanol–water partition coefficient (Wildman–Crippen LogP) is 0.441. The van der Waals surface area contributed by atoms with Crippen LogP contribution in [0.15, 0.2) is 6.07 Å². The molecule has 0 aliphatic carbocycles. The molecule has 3 N–H and O–H groups in total. The summed E-state index contributed by atoms with van der Waals surface area (Å²) >= 11 is 5.80. The van der Waals surface area contributed by atoms with E-state index in [0.717, 1.165) is 0 Å². The quantitative estimate of drug-likeness (QED) is 0.782. The average molecular weight is 287 g/mol. The number of carbonyl (C=O) groups excluding carboxylic acids is 1. The Labute approximate surface area is 115 Å². The van der Waals surface area contributed by atoms with Crippen molar-refractivity contribution in [2.75, 3.05) is 25.6 Å². The van der Waals surface area contributed by atoms with Crippen LogP contribution < -0.4 is 15.8 Å². The normalized spacial score (nSPS) is 26.2. The number of methoxy groups -OCH3 is 1. The Morgan fingerprint density at radius 3 is 3.00 bits per heavy atom. The van der Waals surface area contributed by atoms with Crippen LogP contribution in [0.2, 0.25) is 5.15 Å². The van der Waals surface area contributed by atoms with Crippen LogP contribution in [0, 0.1) is 5.41 Å². The molecule has 104 valence electrons. The lowest BCUT2D eigenvalue weighted by Crippen LogP contribution is -2.47. The topological polar surface area (TPSA) is 99.4 Å². The Bertz CT molecular complexity index is 499. The number of nitrogens with two attached hydrogens (primary N) is 1. The van der Waals surface area contributed by atoms with Crippen molar-refractivity contribution in [1.82, 2.24) is 9.97 Å². The van der Waals surface area contributed by atoms with Gasteiger partial charge in [-0.2, -0.15) is 4.98 Å². The third-order valence-electron chi connectivity index (χ3n) is 3.14. The maximum atomic E-state index is 12.2. The van der Waals surface area contributed by atoms with Crippen molar-refractivity contribution in [3.63, 3.8) is 0 Å². The highest BCUT2D eigenvalue weighted by Crippen LogP contribution is 2.28. The molecule has 1 aromatic rings. The van der Waals surface area contributed by atoms with Crippen molar-refractivity contribution in [2.24, 2.45) is 11.1 Å². The minimum Gasteiger partial charge on any atom is -0.481 e. The first-order valence-electron chi connectivity index (χ1n) is 5.69. The number of nitrogens with zero attached hydrogens (tertiary/aromatic N) is 2. The third kappa shape index (κ3) is 2.78. The van der Waals surface area contributed by atoms with Crippen LogP contribution in [0.1, 0.15) is 6.92 Å². The first-order valence-corrected chi connectivity index (χ1v) is 6.07. The Morgan fingerprint density at radius 1 is 1.68 bits per heavy atom. The summed E-state index contributed by atoms with van der Waals surface area (Å²) in [7, 11) is 1.45. The van der Waals surface area contributed by atoms with Gasteiger partial charge in [-0.05, 0) is 6.92 Å². The number of hydrogen-bond donors (Lipinski definition) is 2. The smallest absolute Gasteiger partial charge is 0.236 e. The van der Waals surface area contributed by atoms with Crippen LogP contribution in [0.5, 0.6) is 5.88 Å². The summed E-state index contributed by atoms with van der Waals surface area (Å²) in [5.74, 6) is 0.0453. The molecular formula is C11H15ClN4O3. The lowest BCUT2D eigenvalue weighted by molar-refractivity contribution is -0.125. The van der Waals surface area contributed by atoms with E-state index < -0.39 is 5.41 Å². The molecule has 0 bridgehead atoms. The van der Waals surface area contributed by atoms with Crippen LogP contribution in [0.3, 0.4) is 0 Å². The van der Waals surface area contributed by atoms with E-state index in [0.29, 0.717) is 6.61 Å². The highest BCUT2D eigenvalue weighted by molar-refractivity contribution is 6.29. The van der Waals surface area contributed by atoms with E-state index >= 15 is 0 Å². The molecular weight excluding hydrogens is 272 g/mol. The molecule has 0 saturated carbocycles. The van der Waals surface area contributed by atoms with Gasteiger partial charge >= 0.3 is 0 Å². The third-order valence-corrected chi connectivity index (χ3v) is 3.34. The van der Waals surface area contributed by atoms with Crippen molar-refractivity contribution >= 4 is 23.5 Å². The van der Waals surface area contributed by atoms with Crippen LogP contribution >= 0.6 is 11.6 Å². The van der Waals surface area contributed by atoms with Gasteiger partial charge in [0.25, 0.3) is 0 Å². The van der Waals surface area contributed by atoms with Crippen molar-refractivity contribution in [3.05, 3.63) is 11.2 Å². The molecule has 2 heterocycles. The van der Waals surface area contributed by atoms with E-state index in [1.165, 1.54) is 13.2 Å². The lowest BCUT2D eigenvalue weighted by atomic mass is 9.85. The zero-order chi connectivity index (χ0) is 14.0. The number of rotatable bonds is 3. The molecule has 1 aliphatic heterocycles. The van der Waals surface area contributed by atoms with E-state index in [-0.39, 0.29) is 35.5 Å². The minimum absolute atomic E-state index is 0.0784. The number of carbonyl (C=O) groups is 1. The fourth-order valence-corrected chi connectivity index (χ4v) is 1.90. The fourth-order valence-electron chi connectivity index (χ4n) is 1.72. The number of aromatic nitrogens is 2. The Morgan fingerprint density at radius 2 is 2.42 bits per heavy atom. The summed E-state index contributed by atoms with van der Waals surface area (Å²) in [6.45, 7) is 2.35. The van der Waals surface area contributed by atoms with Gasteiger partial charge in [0, 0.05) is 12.1 Å². The summed E-state index contributed by atoms with van der Waals surface area (Å²) < 4.78 is 10.2. The fraction of sp³-hybridized carbons (Fsp3) is 0.545. The molecule has 7 nitrogen and oxygen atoms in total. The molecule has 0 radical (unpaired) electrons. The van der Waals surface area contributed by atoms with Gasteiger partial charge in [0.2, 0.25) is 17.7 Å². The Kier molecular flexibility index (Phi) is 3.88. The second-order valence-corrected chi connectivity index (χ2v) is 4.94. The zero-order valence-corrected chi connectivity index (χ0v) is 11.4. The van der Waals surface area contributed by atoms with Gasteiger partial charge in [0.15, 0.2) is 0 Å². The monoisotopic (exact) mass is 286 g/mol. The zero-order valence-electron chi connectivity index (χ0n) is 10.6. The van der Waals surface area contributed by atoms with E-state index in [9.17, 15) is 4.79 Å². The van der Waals surface area contributed by atoms with Crippen molar-refractivity contribution in [2.45, 2.75) is 13.0 Å². The summed E-state index contributed by atoms with van der Waals surface area (Å²) in [6, 6.07) is 1.08. The molecule has 2 rings (SSSR count). The molecule has 1 aliphatic rings. The van der Waals surface area contributed by atoms with Crippen LogP contribution in [0.25, 0.3) is 0 Å². The van der Waals surface area contributed by atoms with Crippen molar-refractivity contribution in [1.29, 1.82) is 0 Å². The number of amides is 1. The molecule has 8 heteroatoms. The van der Waals surface area contributed by atoms with E-state index in [2.05, 4.69) is 15.3 Å². The molecule has 1 amide bonds. The highest BCUT2D eigenvalue weighted by Gasteiger charge is 2.44. The molecule has 0 aromatic carbocycles. The molecule has 2 unspecified atom stereocenters. The van der Waals surface area contributed by atoms with Crippen LogP contribution in [-0.2, 0) is 9.53 Å². The van der Waals surface area contributed by atoms with Gasteiger partial charge in [-0.1, -0.05) is 11.6 Å². The van der Waals surface area contributed by atoms with Gasteiger partial charge in [-0.3, -0.25) is 10.1 Å². The summed E-state index contributed by atoms with van der Waals surface area (Å²) in [5, 5.41) is 2.76. The Hall–Kier alpha value is -1.44. The molecule has 19 heavy (non-hydrogen) atoms. The maximum absolute atomic E-state index is 12.2. The van der Waals surface area contributed by atoms with Gasteiger partial charge in [-0.25, -0.2) is 4.98 Å². The first kappa shape index (κ1) is 14.0. The second kappa shape index (κ2) is 5.28. The second-order valence-electron chi connectivity index (χ2n) is 4.55. The van der Waals surface area contributed by atoms with Gasteiger partial charge in [-0.15, -0.1) is 0 Å². The lowest BCUT2D eigenvalue weighted by Gasteiger charge is -2.24. The number of ether oxygens (including phenoxy) is 2. The summed E-state index contributed by atoms with van der Waals surface area (Å²) in [6.07, 6.45) is 0. The molecule has 1 fully saturated rings. The minimum atomic E-state index is -0.807. The summed E-state index contributed by atoms with van der Waals surface area (Å²) in [4.78, 5) is 20.1. The average Bonchev–Trinajstić information content (AvgIpc) is 2.70. The van der Waals surface area contributed by atoms with Crippen LogP contribution in [0.4, 0.5) is 5.95 Å². The standard InChI is InChI=1S/C11H15ClN4O3/c1-11(5-19-4-6(11)13)9(17)16-10-14-7(12)3-8(15-10)18-2/h3,6H,4-5,13H2,1-2H3,(H,14,15,16,17). The Balaban J connectivity index is 2.17. The SMILES string of the molecule is COc1cc(Cl)nc(NC(=O)C2(C)COCC2N)n1. The van der Waals surface area contributed by atoms with Crippen molar-refractivity contribution < 1.29 is 14.3 Å². The van der Waals surface area contributed by atoms with Gasteiger partial charge in [0.1, 0.15) is 5.15 Å². The number of hydrogen-bond acceptors (Lipinski definition) is 6. The molecule has 2 atom stereocenters. The predicted molar refractivity (Wildman–Crippen MR) is 69.1 cm³/mol.